The van der Waals surface area contributed by atoms with E-state index >= 15 is 0 Å². The van der Waals surface area contributed by atoms with Gasteiger partial charge in [0.1, 0.15) is 0 Å². The normalized spacial score (nSPS) is 15.6. The average molecular weight is 259 g/mol. The lowest BCUT2D eigenvalue weighted by Gasteiger charge is -2.04. The molecule has 1 aliphatic carbocycles. The van der Waals surface area contributed by atoms with Crippen LogP contribution in [0.15, 0.2) is 16.6 Å². The van der Waals surface area contributed by atoms with Gasteiger partial charge in [0.25, 0.3) is 0 Å². The van der Waals surface area contributed by atoms with Crippen LogP contribution in [0.2, 0.25) is 0 Å². The largest absolute Gasteiger partial charge is 0.504 e. The molecule has 1 N–H and O–H groups in total. The van der Waals surface area contributed by atoms with Crippen LogP contribution in [0.5, 0.6) is 5.75 Å². The van der Waals surface area contributed by atoms with Gasteiger partial charge in [-0.15, -0.1) is 0 Å². The minimum atomic E-state index is -0.761. The highest BCUT2D eigenvalue weighted by molar-refractivity contribution is 9.10. The second-order valence-electron chi connectivity index (χ2n) is 3.42. The summed E-state index contributed by atoms with van der Waals surface area (Å²) in [4.78, 5) is 11.6. The van der Waals surface area contributed by atoms with E-state index in [1.165, 1.54) is 6.07 Å². The van der Waals surface area contributed by atoms with E-state index in [1.807, 2.05) is 0 Å². The minimum Gasteiger partial charge on any atom is -0.504 e. The number of ketones is 1. The van der Waals surface area contributed by atoms with Crippen LogP contribution in [0.3, 0.4) is 0 Å². The van der Waals surface area contributed by atoms with Crippen LogP contribution in [-0.4, -0.2) is 10.9 Å². The zero-order valence-electron chi connectivity index (χ0n) is 7.26. The van der Waals surface area contributed by atoms with Gasteiger partial charge in [-0.25, -0.2) is 4.39 Å². The van der Waals surface area contributed by atoms with Gasteiger partial charge in [0.15, 0.2) is 17.3 Å². The molecule has 0 unspecified atom stereocenters. The van der Waals surface area contributed by atoms with Gasteiger partial charge in [-0.2, -0.15) is 0 Å². The molecule has 1 aliphatic rings. The van der Waals surface area contributed by atoms with Crippen LogP contribution in [-0.2, 0) is 0 Å². The summed E-state index contributed by atoms with van der Waals surface area (Å²) in [6, 6.07) is 2.60. The van der Waals surface area contributed by atoms with E-state index in [4.69, 9.17) is 0 Å². The van der Waals surface area contributed by atoms with Gasteiger partial charge in [-0.3, -0.25) is 4.79 Å². The number of carbonyl (C=O) groups is 1. The molecule has 0 amide bonds. The number of rotatable bonds is 2. The highest BCUT2D eigenvalue weighted by atomic mass is 79.9. The number of halogens is 2. The Morgan fingerprint density at radius 1 is 1.50 bits per heavy atom. The van der Waals surface area contributed by atoms with E-state index < -0.39 is 11.6 Å². The molecule has 2 nitrogen and oxygen atoms in total. The number of phenols is 1. The van der Waals surface area contributed by atoms with E-state index in [-0.39, 0.29) is 17.3 Å². The van der Waals surface area contributed by atoms with Crippen LogP contribution in [0, 0.1) is 11.7 Å². The Morgan fingerprint density at radius 3 is 2.71 bits per heavy atom. The van der Waals surface area contributed by atoms with Crippen molar-refractivity contribution >= 4 is 21.7 Å². The molecule has 0 heterocycles. The molecule has 14 heavy (non-hydrogen) atoms. The van der Waals surface area contributed by atoms with Crippen LogP contribution < -0.4 is 0 Å². The highest BCUT2D eigenvalue weighted by Gasteiger charge is 2.32. The van der Waals surface area contributed by atoms with Gasteiger partial charge in [-0.05, 0) is 25.0 Å². The summed E-state index contributed by atoms with van der Waals surface area (Å²) in [6.45, 7) is 0. The second-order valence-corrected chi connectivity index (χ2v) is 4.34. The van der Waals surface area contributed by atoms with Crippen molar-refractivity contribution in [3.05, 3.63) is 28.0 Å². The van der Waals surface area contributed by atoms with Crippen molar-refractivity contribution in [2.75, 3.05) is 0 Å². The molecule has 0 saturated heterocycles. The van der Waals surface area contributed by atoms with Crippen molar-refractivity contribution < 1.29 is 14.3 Å². The van der Waals surface area contributed by atoms with Gasteiger partial charge >= 0.3 is 0 Å². The third kappa shape index (κ3) is 1.66. The van der Waals surface area contributed by atoms with Crippen molar-refractivity contribution in [3.63, 3.8) is 0 Å². The number of Topliss-reactive ketones (excluding diaryl/α,β-unsaturated/α-hetero) is 1. The molecular formula is C10H8BrFO2. The van der Waals surface area contributed by atoms with Gasteiger partial charge < -0.3 is 5.11 Å². The van der Waals surface area contributed by atoms with E-state index in [2.05, 4.69) is 15.9 Å². The topological polar surface area (TPSA) is 37.3 Å². The van der Waals surface area contributed by atoms with Crippen molar-refractivity contribution in [1.82, 2.24) is 0 Å². The second kappa shape index (κ2) is 3.35. The van der Waals surface area contributed by atoms with E-state index in [0.717, 1.165) is 18.9 Å². The first-order valence-electron chi connectivity index (χ1n) is 4.32. The molecule has 4 heteroatoms. The number of hydrogen-bond acceptors (Lipinski definition) is 2. The summed E-state index contributed by atoms with van der Waals surface area (Å²) in [5.41, 5.74) is 0.0828. The van der Waals surface area contributed by atoms with Gasteiger partial charge in [0, 0.05) is 10.4 Å². The molecule has 0 aromatic heterocycles. The summed E-state index contributed by atoms with van der Waals surface area (Å²) >= 11 is 3.08. The summed E-state index contributed by atoms with van der Waals surface area (Å²) in [7, 11) is 0. The van der Waals surface area contributed by atoms with Gasteiger partial charge in [0.2, 0.25) is 0 Å². The zero-order valence-corrected chi connectivity index (χ0v) is 8.84. The van der Waals surface area contributed by atoms with Crippen molar-refractivity contribution in [1.29, 1.82) is 0 Å². The fraction of sp³-hybridized carbons (Fsp3) is 0.300. The quantitative estimate of drug-likeness (QED) is 0.829. The highest BCUT2D eigenvalue weighted by Crippen LogP contribution is 2.36. The minimum absolute atomic E-state index is 0.0189. The number of hydrogen-bond donors (Lipinski definition) is 1. The molecule has 1 fully saturated rings. The third-order valence-electron chi connectivity index (χ3n) is 2.24. The fourth-order valence-electron chi connectivity index (χ4n) is 1.32. The maximum atomic E-state index is 13.1. The molecule has 1 aromatic rings. The molecule has 0 radical (unpaired) electrons. The monoisotopic (exact) mass is 258 g/mol. The molecular weight excluding hydrogens is 251 g/mol. The Balaban J connectivity index is 2.45. The lowest BCUT2D eigenvalue weighted by molar-refractivity contribution is 0.0964. The first-order chi connectivity index (χ1) is 6.59. The third-order valence-corrected chi connectivity index (χ3v) is 2.70. The summed E-state index contributed by atoms with van der Waals surface area (Å²) in [5, 5.41) is 9.35. The van der Waals surface area contributed by atoms with E-state index in [9.17, 15) is 14.3 Å². The Morgan fingerprint density at radius 2 is 2.14 bits per heavy atom. The fourth-order valence-corrected chi connectivity index (χ4v) is 1.75. The first-order valence-corrected chi connectivity index (χ1v) is 5.11. The maximum absolute atomic E-state index is 13.1. The molecule has 1 aromatic carbocycles. The molecule has 1 saturated carbocycles. The smallest absolute Gasteiger partial charge is 0.169 e. The zero-order chi connectivity index (χ0) is 10.3. The Bertz CT molecular complexity index is 399. The molecule has 0 aliphatic heterocycles. The van der Waals surface area contributed by atoms with Crippen LogP contribution in [0.4, 0.5) is 4.39 Å². The number of benzene rings is 1. The van der Waals surface area contributed by atoms with E-state index in [0.29, 0.717) is 4.47 Å². The van der Waals surface area contributed by atoms with Crippen LogP contribution in [0.25, 0.3) is 0 Å². The van der Waals surface area contributed by atoms with Gasteiger partial charge in [0.05, 0.1) is 5.56 Å². The average Bonchev–Trinajstić information content (AvgIpc) is 2.93. The SMILES string of the molecule is O=C(c1cc(Br)cc(F)c1O)C1CC1. The molecule has 74 valence electrons. The molecule has 2 rings (SSSR count). The summed E-state index contributed by atoms with van der Waals surface area (Å²) < 4.78 is 13.5. The van der Waals surface area contributed by atoms with Gasteiger partial charge in [-0.1, -0.05) is 15.9 Å². The predicted molar refractivity (Wildman–Crippen MR) is 52.8 cm³/mol. The van der Waals surface area contributed by atoms with Crippen molar-refractivity contribution in [2.24, 2.45) is 5.92 Å². The number of phenolic OH excluding ortho intramolecular Hbond substituents is 1. The lowest BCUT2D eigenvalue weighted by Crippen LogP contribution is -2.02. The molecule has 0 bridgehead atoms. The number of aromatic hydroxyl groups is 1. The molecule has 0 atom stereocenters. The van der Waals surface area contributed by atoms with Crippen molar-refractivity contribution in [2.45, 2.75) is 12.8 Å². The van der Waals surface area contributed by atoms with Crippen LogP contribution in [0.1, 0.15) is 23.2 Å². The van der Waals surface area contributed by atoms with Crippen LogP contribution >= 0.6 is 15.9 Å². The lowest BCUT2D eigenvalue weighted by atomic mass is 10.1. The predicted octanol–water partition coefficient (Wildman–Crippen LogP) is 2.89. The Hall–Kier alpha value is -0.900. The standard InChI is InChI=1S/C10H8BrFO2/c11-6-3-7(9(13)5-1-2-5)10(14)8(12)4-6/h3-5,14H,1-2H2. The maximum Gasteiger partial charge on any atom is 0.169 e. The first kappa shape index (κ1) is 9.65. The van der Waals surface area contributed by atoms with E-state index in [1.54, 1.807) is 0 Å². The number of carbonyl (C=O) groups excluding carboxylic acids is 1. The summed E-state index contributed by atoms with van der Waals surface area (Å²) in [6.07, 6.45) is 1.68. The summed E-state index contributed by atoms with van der Waals surface area (Å²) in [5.74, 6) is -1.48. The molecule has 0 spiro atoms. The Kier molecular flexibility index (Phi) is 2.31. The Labute approximate surface area is 88.9 Å². The van der Waals surface area contributed by atoms with Crippen molar-refractivity contribution in [3.8, 4) is 5.75 Å².